The molecule has 0 saturated heterocycles. The van der Waals surface area contributed by atoms with Crippen molar-refractivity contribution >= 4 is 5.84 Å². The van der Waals surface area contributed by atoms with E-state index in [1.54, 1.807) is 18.2 Å². The summed E-state index contributed by atoms with van der Waals surface area (Å²) in [5, 5.41) is 4.08. The maximum absolute atomic E-state index is 14.7. The molecule has 11 heteroatoms. The van der Waals surface area contributed by atoms with Crippen LogP contribution >= 0.6 is 0 Å². The Labute approximate surface area is 230 Å². The van der Waals surface area contributed by atoms with Crippen LogP contribution in [0.5, 0.6) is 0 Å². The summed E-state index contributed by atoms with van der Waals surface area (Å²) in [5.41, 5.74) is -1.14. The van der Waals surface area contributed by atoms with Gasteiger partial charge in [0.15, 0.2) is 0 Å². The van der Waals surface area contributed by atoms with E-state index >= 15 is 0 Å². The molecule has 0 saturated carbocycles. The molecule has 0 bridgehead atoms. The molecule has 0 fully saturated rings. The summed E-state index contributed by atoms with van der Waals surface area (Å²) in [6, 6.07) is 18.3. The predicted octanol–water partition coefficient (Wildman–Crippen LogP) is 8.40. The second kappa shape index (κ2) is 11.2. The van der Waals surface area contributed by atoms with Crippen LogP contribution in [0, 0.1) is 5.82 Å². The molecule has 0 radical (unpaired) electrons. The number of nitrogens with zero attached hydrogens (tertiary/aromatic N) is 3. The molecule has 4 aromatic rings. The molecule has 5 rings (SSSR count). The van der Waals surface area contributed by atoms with Crippen LogP contribution in [-0.2, 0) is 30.2 Å². The first-order valence-electron chi connectivity index (χ1n) is 12.5. The van der Waals surface area contributed by atoms with Gasteiger partial charge in [0, 0.05) is 29.9 Å². The normalized spacial score (nSPS) is 15.5. The van der Waals surface area contributed by atoms with Crippen molar-refractivity contribution in [2.75, 3.05) is 0 Å². The van der Waals surface area contributed by atoms with Crippen molar-refractivity contribution in [3.63, 3.8) is 0 Å². The van der Waals surface area contributed by atoms with Crippen molar-refractivity contribution in [1.82, 2.24) is 9.88 Å². The second-order valence-corrected chi connectivity index (χ2v) is 9.43. The topological polar surface area (TPSA) is 37.7 Å². The smallest absolute Gasteiger partial charge is 0.364 e. The van der Waals surface area contributed by atoms with Gasteiger partial charge < -0.3 is 9.74 Å². The van der Waals surface area contributed by atoms with E-state index in [-0.39, 0.29) is 30.2 Å². The van der Waals surface area contributed by atoms with Gasteiger partial charge in [-0.25, -0.2) is 4.39 Å². The molecular formula is C30H22F7N3O. The molecule has 212 valence electrons. The van der Waals surface area contributed by atoms with E-state index in [2.05, 4.69) is 10.1 Å². The highest BCUT2D eigenvalue weighted by Crippen LogP contribution is 2.41. The first-order valence-corrected chi connectivity index (χ1v) is 12.5. The van der Waals surface area contributed by atoms with Crippen LogP contribution in [0.25, 0.3) is 11.1 Å². The van der Waals surface area contributed by atoms with Gasteiger partial charge in [-0.2, -0.15) is 26.3 Å². The minimum absolute atomic E-state index is 0.0668. The molecule has 1 atom stereocenters. The zero-order valence-corrected chi connectivity index (χ0v) is 21.3. The Morgan fingerprint density at radius 3 is 2.07 bits per heavy atom. The Hall–Kier alpha value is -4.41. The molecule has 1 unspecified atom stereocenters. The van der Waals surface area contributed by atoms with Crippen molar-refractivity contribution in [3.05, 3.63) is 125 Å². The molecule has 3 aromatic carbocycles. The summed E-state index contributed by atoms with van der Waals surface area (Å²) in [6.07, 6.45) is -7.76. The second-order valence-electron chi connectivity index (χ2n) is 9.43. The zero-order chi connectivity index (χ0) is 29.2. The molecule has 1 aromatic heterocycles. The molecule has 0 N–H and O–H groups in total. The van der Waals surface area contributed by atoms with E-state index in [1.807, 2.05) is 30.3 Å². The molecular weight excluding hydrogens is 551 g/mol. The monoisotopic (exact) mass is 573 g/mol. The average molecular weight is 574 g/mol. The number of amidine groups is 1. The van der Waals surface area contributed by atoms with Gasteiger partial charge in [0.25, 0.3) is 0 Å². The van der Waals surface area contributed by atoms with Crippen molar-refractivity contribution in [2.45, 2.75) is 38.0 Å². The van der Waals surface area contributed by atoms with E-state index in [9.17, 15) is 30.7 Å². The Kier molecular flexibility index (Phi) is 7.70. The number of alkyl halides is 6. The lowest BCUT2D eigenvalue weighted by atomic mass is 9.99. The highest BCUT2D eigenvalue weighted by molar-refractivity contribution is 5.83. The minimum atomic E-state index is -5.03. The zero-order valence-electron chi connectivity index (χ0n) is 21.3. The summed E-state index contributed by atoms with van der Waals surface area (Å²) < 4.78 is 96.5. The highest BCUT2D eigenvalue weighted by Gasteiger charge is 2.40. The Morgan fingerprint density at radius 2 is 1.41 bits per heavy atom. The maximum Gasteiger partial charge on any atom is 0.416 e. The van der Waals surface area contributed by atoms with Gasteiger partial charge in [0.1, 0.15) is 11.7 Å². The Balaban J connectivity index is 1.56. The van der Waals surface area contributed by atoms with E-state index in [4.69, 9.17) is 4.84 Å². The Bertz CT molecular complexity index is 1520. The van der Waals surface area contributed by atoms with Crippen molar-refractivity contribution in [3.8, 4) is 11.1 Å². The average Bonchev–Trinajstić information content (AvgIpc) is 3.34. The molecule has 0 spiro atoms. The van der Waals surface area contributed by atoms with Crippen LogP contribution < -0.4 is 0 Å². The molecule has 0 amide bonds. The number of hydrogen-bond acceptors (Lipinski definition) is 4. The van der Waals surface area contributed by atoms with Gasteiger partial charge in [-0.1, -0.05) is 53.7 Å². The van der Waals surface area contributed by atoms with Crippen molar-refractivity contribution in [1.29, 1.82) is 0 Å². The molecule has 1 aliphatic heterocycles. The van der Waals surface area contributed by atoms with Crippen LogP contribution in [0.3, 0.4) is 0 Å². The SMILES string of the molecule is Fc1ccccc1-c1ccncc1CN1C(CCc2ccccc2)=NOC1c1cc(C(F)(F)F)cc(C(F)(F)F)c1. The number of aromatic nitrogens is 1. The van der Waals surface area contributed by atoms with Gasteiger partial charge in [-0.3, -0.25) is 4.98 Å². The van der Waals surface area contributed by atoms with Crippen molar-refractivity contribution in [2.24, 2.45) is 5.16 Å². The standard InChI is InChI=1S/C30H22F7N3O/c31-26-9-5-4-8-25(26)24-12-13-38-17-21(24)18-40-27(11-10-19-6-2-1-3-7-19)39-41-28(40)20-14-22(29(32,33)34)16-23(15-20)30(35,36)37/h1-9,12-17,28H,10-11,18H2. The highest BCUT2D eigenvalue weighted by atomic mass is 19.4. The van der Waals surface area contributed by atoms with E-state index in [1.165, 1.54) is 29.4 Å². The van der Waals surface area contributed by atoms with Crippen LogP contribution in [0.4, 0.5) is 30.7 Å². The van der Waals surface area contributed by atoms with Gasteiger partial charge in [0.2, 0.25) is 6.23 Å². The summed E-state index contributed by atoms with van der Waals surface area (Å²) in [7, 11) is 0. The number of oxime groups is 1. The lowest BCUT2D eigenvalue weighted by Crippen LogP contribution is -2.31. The maximum atomic E-state index is 14.7. The third-order valence-corrected chi connectivity index (χ3v) is 6.66. The first-order chi connectivity index (χ1) is 19.5. The third-order valence-electron chi connectivity index (χ3n) is 6.66. The number of benzene rings is 3. The Morgan fingerprint density at radius 1 is 0.756 bits per heavy atom. The number of pyridine rings is 1. The van der Waals surface area contributed by atoms with Gasteiger partial charge >= 0.3 is 12.4 Å². The summed E-state index contributed by atoms with van der Waals surface area (Å²) >= 11 is 0. The molecule has 41 heavy (non-hydrogen) atoms. The number of hydrogen-bond donors (Lipinski definition) is 0. The third kappa shape index (κ3) is 6.34. The fourth-order valence-electron chi connectivity index (χ4n) is 4.66. The van der Waals surface area contributed by atoms with Crippen LogP contribution in [0.2, 0.25) is 0 Å². The minimum Gasteiger partial charge on any atom is -0.364 e. The molecule has 0 aliphatic carbocycles. The molecule has 4 nitrogen and oxygen atoms in total. The van der Waals surface area contributed by atoms with Gasteiger partial charge in [0.05, 0.1) is 17.7 Å². The quantitative estimate of drug-likeness (QED) is 0.209. The van der Waals surface area contributed by atoms with Gasteiger partial charge in [-0.15, -0.1) is 0 Å². The number of aryl methyl sites for hydroxylation is 1. The van der Waals surface area contributed by atoms with E-state index < -0.39 is 35.5 Å². The van der Waals surface area contributed by atoms with E-state index in [0.717, 1.165) is 5.56 Å². The van der Waals surface area contributed by atoms with E-state index in [0.29, 0.717) is 35.5 Å². The van der Waals surface area contributed by atoms with Crippen LogP contribution in [-0.4, -0.2) is 15.7 Å². The first kappa shape index (κ1) is 28.1. The summed E-state index contributed by atoms with van der Waals surface area (Å²) in [4.78, 5) is 11.1. The lowest BCUT2D eigenvalue weighted by molar-refractivity contribution is -0.143. The molecule has 2 heterocycles. The van der Waals surface area contributed by atoms with Crippen LogP contribution in [0.15, 0.2) is 96.4 Å². The van der Waals surface area contributed by atoms with Crippen LogP contribution in [0.1, 0.15) is 40.5 Å². The number of halogens is 7. The fourth-order valence-corrected chi connectivity index (χ4v) is 4.66. The van der Waals surface area contributed by atoms with Crippen molar-refractivity contribution < 1.29 is 35.6 Å². The lowest BCUT2D eigenvalue weighted by Gasteiger charge is -2.27. The predicted molar refractivity (Wildman–Crippen MR) is 138 cm³/mol. The molecule has 1 aliphatic rings. The largest absolute Gasteiger partial charge is 0.416 e. The number of rotatable bonds is 7. The summed E-state index contributed by atoms with van der Waals surface area (Å²) in [6.45, 7) is -0.0760. The van der Waals surface area contributed by atoms with Gasteiger partial charge in [-0.05, 0) is 53.4 Å². The fraction of sp³-hybridized carbons (Fsp3) is 0.200. The summed E-state index contributed by atoms with van der Waals surface area (Å²) in [5.74, 6) is -0.187.